The molecule has 1 saturated heterocycles. The Bertz CT molecular complexity index is 450. The minimum atomic E-state index is -3.42. The topological polar surface area (TPSA) is 86.9 Å². The first-order chi connectivity index (χ1) is 7.00. The summed E-state index contributed by atoms with van der Waals surface area (Å²) in [7, 11) is -3.42. The third-order valence-electron chi connectivity index (χ3n) is 2.43. The summed E-state index contributed by atoms with van der Waals surface area (Å²) < 4.78 is 26.5. The van der Waals surface area contributed by atoms with Crippen LogP contribution in [0.25, 0.3) is 0 Å². The van der Waals surface area contributed by atoms with Gasteiger partial charge < -0.3 is 5.32 Å². The molecule has 0 spiro atoms. The Kier molecular flexibility index (Phi) is 5.89. The number of halogens is 2. The zero-order chi connectivity index (χ0) is 11.1. The van der Waals surface area contributed by atoms with Gasteiger partial charge in [-0.25, -0.2) is 13.1 Å². The van der Waals surface area contributed by atoms with E-state index in [9.17, 15) is 8.42 Å². The summed E-state index contributed by atoms with van der Waals surface area (Å²) >= 11 is 0. The Morgan fingerprint density at radius 1 is 1.29 bits per heavy atom. The van der Waals surface area contributed by atoms with Crippen molar-refractivity contribution in [1.29, 1.82) is 0 Å². The number of nitrogens with zero attached hydrogens (tertiary/aromatic N) is 1. The van der Waals surface area contributed by atoms with E-state index in [1.54, 1.807) is 13.8 Å². The number of hydrogen-bond acceptors (Lipinski definition) is 4. The molecule has 0 bridgehead atoms. The number of aryl methyl sites for hydroxylation is 2. The Balaban J connectivity index is 0.00000128. The van der Waals surface area contributed by atoms with Gasteiger partial charge in [0, 0.05) is 19.1 Å². The normalized spacial score (nSPS) is 15.6. The van der Waals surface area contributed by atoms with Crippen molar-refractivity contribution < 1.29 is 8.42 Å². The smallest absolute Gasteiger partial charge is 0.244 e. The Morgan fingerprint density at radius 2 is 1.88 bits per heavy atom. The lowest BCUT2D eigenvalue weighted by Gasteiger charge is -2.27. The summed E-state index contributed by atoms with van der Waals surface area (Å²) in [4.78, 5) is 0.273. The van der Waals surface area contributed by atoms with E-state index >= 15 is 0 Å². The molecule has 17 heavy (non-hydrogen) atoms. The van der Waals surface area contributed by atoms with Crippen molar-refractivity contribution in [2.45, 2.75) is 24.8 Å². The molecule has 0 aliphatic carbocycles. The van der Waals surface area contributed by atoms with Crippen molar-refractivity contribution in [3.05, 3.63) is 11.4 Å². The summed E-state index contributed by atoms with van der Waals surface area (Å²) in [5, 5.41) is 9.55. The molecular weight excluding hydrogens is 287 g/mol. The van der Waals surface area contributed by atoms with Crippen LogP contribution in [-0.2, 0) is 10.0 Å². The van der Waals surface area contributed by atoms with Gasteiger partial charge in [-0.05, 0) is 13.8 Å². The maximum atomic E-state index is 11.9. The highest BCUT2D eigenvalue weighted by Gasteiger charge is 2.27. The fourth-order valence-corrected chi connectivity index (χ4v) is 3.19. The van der Waals surface area contributed by atoms with Gasteiger partial charge in [0.1, 0.15) is 4.90 Å². The van der Waals surface area contributed by atoms with Crippen LogP contribution in [0.15, 0.2) is 4.90 Å². The molecule has 1 aromatic rings. The zero-order valence-corrected chi connectivity index (χ0v) is 11.9. The highest BCUT2D eigenvalue weighted by atomic mass is 35.5. The van der Waals surface area contributed by atoms with E-state index < -0.39 is 10.0 Å². The van der Waals surface area contributed by atoms with E-state index in [2.05, 4.69) is 20.2 Å². The van der Waals surface area contributed by atoms with Gasteiger partial charge in [0.25, 0.3) is 0 Å². The molecule has 0 atom stereocenters. The molecule has 100 valence electrons. The average Bonchev–Trinajstić information content (AvgIpc) is 2.40. The number of sulfonamides is 1. The fraction of sp³-hybridized carbons (Fsp3) is 0.625. The van der Waals surface area contributed by atoms with Gasteiger partial charge in [-0.2, -0.15) is 5.10 Å². The number of aromatic nitrogens is 2. The minimum absolute atomic E-state index is 0. The maximum Gasteiger partial charge on any atom is 0.244 e. The second kappa shape index (κ2) is 6.01. The lowest BCUT2D eigenvalue weighted by molar-refractivity contribution is 0.410. The number of nitrogens with one attached hydrogen (secondary N) is 3. The van der Waals surface area contributed by atoms with Gasteiger partial charge in [-0.3, -0.25) is 5.10 Å². The molecule has 2 rings (SSSR count). The predicted octanol–water partition coefficient (Wildman–Crippen LogP) is 0.120. The number of hydrogen-bond donors (Lipinski definition) is 3. The quantitative estimate of drug-likeness (QED) is 0.740. The molecule has 3 N–H and O–H groups in total. The third kappa shape index (κ3) is 3.32. The lowest BCUT2D eigenvalue weighted by Crippen LogP contribution is -2.56. The average molecular weight is 303 g/mol. The van der Waals surface area contributed by atoms with Crippen LogP contribution in [-0.4, -0.2) is 37.7 Å². The molecule has 1 aliphatic heterocycles. The summed E-state index contributed by atoms with van der Waals surface area (Å²) in [6.07, 6.45) is 0. The number of rotatable bonds is 3. The van der Waals surface area contributed by atoms with Crippen LogP contribution >= 0.6 is 24.8 Å². The largest absolute Gasteiger partial charge is 0.313 e. The van der Waals surface area contributed by atoms with Gasteiger partial charge >= 0.3 is 0 Å². The van der Waals surface area contributed by atoms with Gasteiger partial charge in [-0.1, -0.05) is 0 Å². The van der Waals surface area contributed by atoms with Crippen LogP contribution in [0.4, 0.5) is 0 Å². The maximum absolute atomic E-state index is 11.9. The molecule has 1 aromatic heterocycles. The van der Waals surface area contributed by atoms with Crippen LogP contribution in [0.2, 0.25) is 0 Å². The van der Waals surface area contributed by atoms with Crippen LogP contribution < -0.4 is 10.0 Å². The second-order valence-electron chi connectivity index (χ2n) is 3.74. The van der Waals surface area contributed by atoms with Crippen LogP contribution in [0.3, 0.4) is 0 Å². The SMILES string of the molecule is Cc1n[nH]c(C)c1S(=O)(=O)NC1CNC1.Cl.Cl. The van der Waals surface area contributed by atoms with Crippen molar-refractivity contribution in [3.8, 4) is 0 Å². The molecule has 0 amide bonds. The molecular formula is C8H16Cl2N4O2S. The molecule has 6 nitrogen and oxygen atoms in total. The van der Waals surface area contributed by atoms with Crippen LogP contribution in [0.5, 0.6) is 0 Å². The highest BCUT2D eigenvalue weighted by molar-refractivity contribution is 7.89. The lowest BCUT2D eigenvalue weighted by atomic mass is 10.2. The van der Waals surface area contributed by atoms with Gasteiger partial charge in [0.05, 0.1) is 11.4 Å². The molecule has 1 aliphatic rings. The Morgan fingerprint density at radius 3 is 2.24 bits per heavy atom. The van der Waals surface area contributed by atoms with Crippen molar-refractivity contribution >= 4 is 34.8 Å². The molecule has 0 unspecified atom stereocenters. The first-order valence-corrected chi connectivity index (χ1v) is 6.23. The van der Waals surface area contributed by atoms with E-state index in [0.717, 1.165) is 0 Å². The van der Waals surface area contributed by atoms with Gasteiger partial charge in [0.2, 0.25) is 10.0 Å². The van der Waals surface area contributed by atoms with E-state index in [0.29, 0.717) is 24.5 Å². The predicted molar refractivity (Wildman–Crippen MR) is 69.5 cm³/mol. The van der Waals surface area contributed by atoms with Crippen molar-refractivity contribution in [2.24, 2.45) is 0 Å². The molecule has 0 saturated carbocycles. The van der Waals surface area contributed by atoms with E-state index in [1.165, 1.54) is 0 Å². The third-order valence-corrected chi connectivity index (χ3v) is 4.22. The standard InChI is InChI=1S/C8H14N4O2S.2ClH/c1-5-8(6(2)11-10-5)15(13,14)12-7-3-9-4-7;;/h7,9,12H,3-4H2,1-2H3,(H,10,11);2*1H. The van der Waals surface area contributed by atoms with Gasteiger partial charge in [-0.15, -0.1) is 24.8 Å². The minimum Gasteiger partial charge on any atom is -0.313 e. The van der Waals surface area contributed by atoms with E-state index in [4.69, 9.17) is 0 Å². The second-order valence-corrected chi connectivity index (χ2v) is 5.39. The number of aromatic amines is 1. The fourth-order valence-electron chi connectivity index (χ4n) is 1.59. The summed E-state index contributed by atoms with van der Waals surface area (Å²) in [5.74, 6) is 0. The number of H-pyrrole nitrogens is 1. The van der Waals surface area contributed by atoms with Crippen molar-refractivity contribution in [1.82, 2.24) is 20.2 Å². The summed E-state index contributed by atoms with van der Waals surface area (Å²) in [6, 6.07) is 0.00343. The molecule has 0 aromatic carbocycles. The molecule has 2 heterocycles. The van der Waals surface area contributed by atoms with Crippen LogP contribution in [0, 0.1) is 13.8 Å². The summed E-state index contributed by atoms with van der Waals surface area (Å²) in [5.41, 5.74) is 1.08. The van der Waals surface area contributed by atoms with Crippen molar-refractivity contribution in [2.75, 3.05) is 13.1 Å². The molecule has 1 fully saturated rings. The highest BCUT2D eigenvalue weighted by Crippen LogP contribution is 2.16. The van der Waals surface area contributed by atoms with Gasteiger partial charge in [0.15, 0.2) is 0 Å². The molecule has 0 radical (unpaired) electrons. The van der Waals surface area contributed by atoms with Crippen LogP contribution in [0.1, 0.15) is 11.4 Å². The van der Waals surface area contributed by atoms with E-state index in [-0.39, 0.29) is 35.8 Å². The van der Waals surface area contributed by atoms with E-state index in [1.807, 2.05) is 0 Å². The monoisotopic (exact) mass is 302 g/mol. The zero-order valence-electron chi connectivity index (χ0n) is 9.48. The molecule has 9 heteroatoms. The summed E-state index contributed by atoms with van der Waals surface area (Å²) in [6.45, 7) is 4.76. The Labute approximate surface area is 113 Å². The first kappa shape index (κ1) is 16.7. The first-order valence-electron chi connectivity index (χ1n) is 4.75. The Hall–Kier alpha value is -0.340. The van der Waals surface area contributed by atoms with Crippen molar-refractivity contribution in [3.63, 3.8) is 0 Å².